The topological polar surface area (TPSA) is 12.9 Å². The first-order chi connectivity index (χ1) is 10.6. The van der Waals surface area contributed by atoms with Crippen LogP contribution in [-0.4, -0.2) is 4.98 Å². The van der Waals surface area contributed by atoms with E-state index in [9.17, 15) is 0 Å². The highest BCUT2D eigenvalue weighted by Crippen LogP contribution is 2.33. The molecule has 0 bridgehead atoms. The van der Waals surface area contributed by atoms with Gasteiger partial charge in [-0.2, -0.15) is 0 Å². The van der Waals surface area contributed by atoms with Gasteiger partial charge in [-0.1, -0.05) is 53.0 Å². The smallest absolute Gasteiger partial charge is 0.123 e. The molecule has 3 aromatic rings. The molecule has 22 heavy (non-hydrogen) atoms. The number of hydrogen-bond donors (Lipinski definition) is 0. The van der Waals surface area contributed by atoms with Gasteiger partial charge in [-0.15, -0.1) is 23.1 Å². The number of aromatic nitrogens is 1. The van der Waals surface area contributed by atoms with Crippen molar-refractivity contribution in [3.05, 3.63) is 69.1 Å². The van der Waals surface area contributed by atoms with Crippen molar-refractivity contribution in [1.29, 1.82) is 0 Å². The predicted octanol–water partition coefficient (Wildman–Crippen LogP) is 6.72. The zero-order valence-electron chi connectivity index (χ0n) is 11.8. The summed E-state index contributed by atoms with van der Waals surface area (Å²) >= 11 is 15.5. The van der Waals surface area contributed by atoms with Gasteiger partial charge in [0.1, 0.15) is 5.01 Å². The Morgan fingerprint density at radius 2 is 1.86 bits per heavy atom. The van der Waals surface area contributed by atoms with E-state index in [0.717, 1.165) is 31.9 Å². The van der Waals surface area contributed by atoms with Gasteiger partial charge in [0, 0.05) is 26.6 Å². The van der Waals surface area contributed by atoms with Crippen LogP contribution in [0.2, 0.25) is 10.0 Å². The number of nitrogens with zero attached hydrogens (tertiary/aromatic N) is 1. The Labute approximate surface area is 148 Å². The lowest BCUT2D eigenvalue weighted by molar-refractivity contribution is 1.23. The lowest BCUT2D eigenvalue weighted by Crippen LogP contribution is -1.83. The number of thioether (sulfide) groups is 1. The Balaban J connectivity index is 1.72. The second-order valence-electron chi connectivity index (χ2n) is 4.87. The molecule has 0 amide bonds. The largest absolute Gasteiger partial charge is 0.240 e. The molecule has 112 valence electrons. The molecule has 2 aromatic carbocycles. The van der Waals surface area contributed by atoms with Gasteiger partial charge in [-0.25, -0.2) is 4.98 Å². The van der Waals surface area contributed by atoms with Crippen molar-refractivity contribution in [1.82, 2.24) is 4.98 Å². The predicted molar refractivity (Wildman–Crippen MR) is 98.3 cm³/mol. The lowest BCUT2D eigenvalue weighted by atomic mass is 10.2. The Morgan fingerprint density at radius 3 is 2.64 bits per heavy atom. The summed E-state index contributed by atoms with van der Waals surface area (Å²) in [5.74, 6) is 0.780. The van der Waals surface area contributed by atoms with Crippen LogP contribution in [-0.2, 0) is 5.75 Å². The van der Waals surface area contributed by atoms with E-state index < -0.39 is 0 Å². The van der Waals surface area contributed by atoms with Crippen LogP contribution in [0.25, 0.3) is 10.6 Å². The van der Waals surface area contributed by atoms with Crippen LogP contribution in [0.1, 0.15) is 11.3 Å². The fraction of sp³-hybridized carbons (Fsp3) is 0.118. The molecule has 3 rings (SSSR count). The molecule has 0 unspecified atom stereocenters. The van der Waals surface area contributed by atoms with Crippen molar-refractivity contribution in [3.63, 3.8) is 0 Å². The molecule has 0 fully saturated rings. The average Bonchev–Trinajstić information content (AvgIpc) is 2.98. The molecule has 1 heterocycles. The number of hydrogen-bond acceptors (Lipinski definition) is 3. The number of rotatable bonds is 4. The minimum atomic E-state index is 0.700. The minimum absolute atomic E-state index is 0.700. The first-order valence-corrected chi connectivity index (χ1v) is 9.33. The molecule has 0 aliphatic carbocycles. The van der Waals surface area contributed by atoms with Gasteiger partial charge >= 0.3 is 0 Å². The van der Waals surface area contributed by atoms with Crippen LogP contribution in [0.15, 0.2) is 52.7 Å². The van der Waals surface area contributed by atoms with E-state index in [4.69, 9.17) is 28.2 Å². The van der Waals surface area contributed by atoms with Crippen LogP contribution in [0.4, 0.5) is 0 Å². The van der Waals surface area contributed by atoms with Crippen LogP contribution >= 0.6 is 46.3 Å². The van der Waals surface area contributed by atoms with Gasteiger partial charge in [0.2, 0.25) is 0 Å². The van der Waals surface area contributed by atoms with Crippen LogP contribution in [0.5, 0.6) is 0 Å². The van der Waals surface area contributed by atoms with Gasteiger partial charge in [-0.3, -0.25) is 0 Å². The summed E-state index contributed by atoms with van der Waals surface area (Å²) in [6.07, 6.45) is 0. The summed E-state index contributed by atoms with van der Waals surface area (Å²) in [6, 6.07) is 13.9. The van der Waals surface area contributed by atoms with Crippen LogP contribution in [0, 0.1) is 6.92 Å². The normalized spacial score (nSPS) is 10.9. The van der Waals surface area contributed by atoms with E-state index in [-0.39, 0.29) is 0 Å². The number of thiazole rings is 1. The molecule has 1 aromatic heterocycles. The van der Waals surface area contributed by atoms with Gasteiger partial charge in [0.25, 0.3) is 0 Å². The molecule has 0 aliphatic heterocycles. The van der Waals surface area contributed by atoms with Crippen molar-refractivity contribution >= 4 is 46.3 Å². The lowest BCUT2D eigenvalue weighted by Gasteiger charge is -2.03. The summed E-state index contributed by atoms with van der Waals surface area (Å²) < 4.78 is 0. The highest BCUT2D eigenvalue weighted by Gasteiger charge is 2.07. The Hall–Kier alpha value is -1.00. The molecule has 0 spiro atoms. The van der Waals surface area contributed by atoms with E-state index in [2.05, 4.69) is 36.6 Å². The highest BCUT2D eigenvalue weighted by atomic mass is 35.5. The zero-order chi connectivity index (χ0) is 15.5. The van der Waals surface area contributed by atoms with E-state index in [0.29, 0.717) is 5.02 Å². The number of halogens is 2. The van der Waals surface area contributed by atoms with E-state index in [1.165, 1.54) is 5.56 Å². The Kier molecular flexibility index (Phi) is 5.09. The first-order valence-electron chi connectivity index (χ1n) is 6.71. The zero-order valence-corrected chi connectivity index (χ0v) is 15.0. The Bertz CT molecular complexity index is 782. The Morgan fingerprint density at radius 1 is 1.09 bits per heavy atom. The van der Waals surface area contributed by atoms with Gasteiger partial charge in [0.05, 0.1) is 10.7 Å². The first kappa shape index (κ1) is 15.9. The number of aryl methyl sites for hydroxylation is 1. The van der Waals surface area contributed by atoms with E-state index in [1.807, 2.05) is 12.1 Å². The van der Waals surface area contributed by atoms with Gasteiger partial charge in [0.15, 0.2) is 0 Å². The van der Waals surface area contributed by atoms with Crippen molar-refractivity contribution < 1.29 is 0 Å². The van der Waals surface area contributed by atoms with Crippen LogP contribution in [0.3, 0.4) is 0 Å². The highest BCUT2D eigenvalue weighted by molar-refractivity contribution is 7.98. The summed E-state index contributed by atoms with van der Waals surface area (Å²) in [5.41, 5.74) is 3.47. The second kappa shape index (κ2) is 7.05. The molecule has 0 N–H and O–H groups in total. The van der Waals surface area contributed by atoms with Gasteiger partial charge < -0.3 is 0 Å². The SMILES string of the molecule is Cc1ccc(-c2nc(CSc3cc(Cl)ccc3Cl)cs2)cc1. The van der Waals surface area contributed by atoms with Crippen molar-refractivity contribution in [2.75, 3.05) is 0 Å². The molecular weight excluding hydrogens is 353 g/mol. The maximum absolute atomic E-state index is 6.18. The fourth-order valence-electron chi connectivity index (χ4n) is 1.94. The van der Waals surface area contributed by atoms with E-state index >= 15 is 0 Å². The summed E-state index contributed by atoms with van der Waals surface area (Å²) in [6.45, 7) is 2.09. The monoisotopic (exact) mass is 365 g/mol. The van der Waals surface area contributed by atoms with Crippen molar-refractivity contribution in [2.45, 2.75) is 17.6 Å². The molecule has 0 saturated heterocycles. The average molecular weight is 366 g/mol. The molecule has 1 nitrogen and oxygen atoms in total. The third-order valence-corrected chi connectivity index (χ3v) is 5.82. The van der Waals surface area contributed by atoms with Crippen LogP contribution < -0.4 is 0 Å². The third-order valence-electron chi connectivity index (χ3n) is 3.12. The summed E-state index contributed by atoms with van der Waals surface area (Å²) in [7, 11) is 0. The van der Waals surface area contributed by atoms with Gasteiger partial charge in [-0.05, 0) is 25.1 Å². The third kappa shape index (κ3) is 3.85. The molecule has 0 radical (unpaired) electrons. The molecule has 5 heteroatoms. The van der Waals surface area contributed by atoms with Crippen molar-refractivity contribution in [2.24, 2.45) is 0 Å². The quantitative estimate of drug-likeness (QED) is 0.476. The molecular formula is C17H13Cl2NS2. The molecule has 0 atom stereocenters. The summed E-state index contributed by atoms with van der Waals surface area (Å²) in [5, 5.41) is 4.57. The van der Waals surface area contributed by atoms with E-state index in [1.54, 1.807) is 29.2 Å². The molecule has 0 aliphatic rings. The summed E-state index contributed by atoms with van der Waals surface area (Å²) in [4.78, 5) is 5.68. The second-order valence-corrected chi connectivity index (χ2v) is 7.59. The standard InChI is InChI=1S/C17H13Cl2NS2/c1-11-2-4-12(5-3-11)17-20-14(10-22-17)9-21-16-8-13(18)6-7-15(16)19/h2-8,10H,9H2,1H3. The fourth-order valence-corrected chi connectivity index (χ4v) is 4.26. The maximum Gasteiger partial charge on any atom is 0.123 e. The maximum atomic E-state index is 6.18. The van der Waals surface area contributed by atoms with Crippen molar-refractivity contribution in [3.8, 4) is 10.6 Å². The minimum Gasteiger partial charge on any atom is -0.240 e. The molecule has 0 saturated carbocycles. The number of benzene rings is 2.